The molecule has 1 fully saturated rings. The van der Waals surface area contributed by atoms with E-state index in [2.05, 4.69) is 37.9 Å². The fraction of sp³-hybridized carbons (Fsp3) is 1.00. The van der Waals surface area contributed by atoms with Crippen molar-refractivity contribution in [2.45, 2.75) is 40.2 Å². The van der Waals surface area contributed by atoms with Gasteiger partial charge in [0.2, 0.25) is 0 Å². The van der Waals surface area contributed by atoms with Crippen LogP contribution in [0.4, 0.5) is 0 Å². The maximum atomic E-state index is 3.60. The minimum absolute atomic E-state index is 0.730. The van der Waals surface area contributed by atoms with E-state index in [0.717, 1.165) is 17.9 Å². The molecule has 2 unspecified atom stereocenters. The summed E-state index contributed by atoms with van der Waals surface area (Å²) < 4.78 is 0. The Morgan fingerprint density at radius 2 is 2.14 bits per heavy atom. The average molecular weight is 198 g/mol. The molecule has 0 amide bonds. The maximum Gasteiger partial charge on any atom is 0.0221 e. The van der Waals surface area contributed by atoms with Crippen LogP contribution in [0, 0.1) is 11.8 Å². The summed E-state index contributed by atoms with van der Waals surface area (Å²) in [5, 5.41) is 3.60. The molecule has 0 aromatic rings. The van der Waals surface area contributed by atoms with Gasteiger partial charge in [-0.15, -0.1) is 0 Å². The molecule has 2 heteroatoms. The van der Waals surface area contributed by atoms with Gasteiger partial charge in [-0.1, -0.05) is 27.7 Å². The molecular formula is C12H26N2. The summed E-state index contributed by atoms with van der Waals surface area (Å²) in [6.07, 6.45) is 1.35. The van der Waals surface area contributed by atoms with Crippen molar-refractivity contribution in [3.05, 3.63) is 0 Å². The highest BCUT2D eigenvalue weighted by atomic mass is 15.2. The molecule has 1 heterocycles. The molecule has 14 heavy (non-hydrogen) atoms. The van der Waals surface area contributed by atoms with Crippen LogP contribution in [0.2, 0.25) is 0 Å². The van der Waals surface area contributed by atoms with Crippen LogP contribution in [0.15, 0.2) is 0 Å². The zero-order chi connectivity index (χ0) is 10.6. The van der Waals surface area contributed by atoms with Gasteiger partial charge in [0.15, 0.2) is 0 Å². The third-order valence-electron chi connectivity index (χ3n) is 3.22. The fourth-order valence-corrected chi connectivity index (χ4v) is 2.27. The van der Waals surface area contributed by atoms with Gasteiger partial charge in [0.1, 0.15) is 0 Å². The normalized spacial score (nSPS) is 27.9. The van der Waals surface area contributed by atoms with E-state index >= 15 is 0 Å². The van der Waals surface area contributed by atoms with Gasteiger partial charge in [-0.2, -0.15) is 0 Å². The van der Waals surface area contributed by atoms with Crippen molar-refractivity contribution in [3.63, 3.8) is 0 Å². The van der Waals surface area contributed by atoms with Crippen molar-refractivity contribution >= 4 is 0 Å². The van der Waals surface area contributed by atoms with Crippen molar-refractivity contribution in [2.75, 3.05) is 26.2 Å². The lowest BCUT2D eigenvalue weighted by molar-refractivity contribution is 0.221. The largest absolute Gasteiger partial charge is 0.312 e. The van der Waals surface area contributed by atoms with Gasteiger partial charge >= 0.3 is 0 Å². The average Bonchev–Trinajstić information content (AvgIpc) is 2.50. The van der Waals surface area contributed by atoms with Gasteiger partial charge in [-0.3, -0.25) is 0 Å². The van der Waals surface area contributed by atoms with Crippen LogP contribution in [0.3, 0.4) is 0 Å². The number of nitrogens with one attached hydrogen (secondary N) is 1. The third-order valence-corrected chi connectivity index (χ3v) is 3.22. The molecule has 0 aliphatic carbocycles. The predicted octanol–water partition coefficient (Wildman–Crippen LogP) is 1.96. The first-order valence-corrected chi connectivity index (χ1v) is 6.09. The first kappa shape index (κ1) is 12.0. The van der Waals surface area contributed by atoms with Crippen molar-refractivity contribution in [1.82, 2.24) is 10.2 Å². The van der Waals surface area contributed by atoms with Crippen molar-refractivity contribution in [3.8, 4) is 0 Å². The quantitative estimate of drug-likeness (QED) is 0.726. The van der Waals surface area contributed by atoms with Gasteiger partial charge in [0.25, 0.3) is 0 Å². The molecule has 1 saturated heterocycles. The highest BCUT2D eigenvalue weighted by Crippen LogP contribution is 2.15. The van der Waals surface area contributed by atoms with Gasteiger partial charge in [0.05, 0.1) is 0 Å². The van der Waals surface area contributed by atoms with Crippen molar-refractivity contribution < 1.29 is 0 Å². The fourth-order valence-electron chi connectivity index (χ4n) is 2.27. The second-order valence-corrected chi connectivity index (χ2v) is 5.07. The van der Waals surface area contributed by atoms with Crippen LogP contribution in [-0.2, 0) is 0 Å². The van der Waals surface area contributed by atoms with Crippen LogP contribution in [-0.4, -0.2) is 37.1 Å². The predicted molar refractivity (Wildman–Crippen MR) is 62.5 cm³/mol. The van der Waals surface area contributed by atoms with E-state index in [1.165, 1.54) is 32.6 Å². The molecule has 0 aromatic heterocycles. The second kappa shape index (κ2) is 5.72. The monoisotopic (exact) mass is 198 g/mol. The van der Waals surface area contributed by atoms with E-state index in [0.29, 0.717) is 0 Å². The first-order chi connectivity index (χ1) is 6.63. The maximum absolute atomic E-state index is 3.60. The molecule has 0 saturated carbocycles. The summed E-state index contributed by atoms with van der Waals surface area (Å²) in [5.41, 5.74) is 0. The standard InChI is InChI=1S/C12H26N2/c1-5-14(8-10(2)3)9-12-11(4)6-7-13-12/h10-13H,5-9H2,1-4H3. The highest BCUT2D eigenvalue weighted by Gasteiger charge is 2.24. The Hall–Kier alpha value is -0.0800. The zero-order valence-corrected chi connectivity index (χ0v) is 10.2. The lowest BCUT2D eigenvalue weighted by atomic mass is 10.0. The Bertz CT molecular complexity index is 156. The molecule has 0 aromatic carbocycles. The Morgan fingerprint density at radius 1 is 1.43 bits per heavy atom. The summed E-state index contributed by atoms with van der Waals surface area (Å²) in [6.45, 7) is 14.1. The molecule has 2 nitrogen and oxygen atoms in total. The Morgan fingerprint density at radius 3 is 2.57 bits per heavy atom. The van der Waals surface area contributed by atoms with Crippen LogP contribution >= 0.6 is 0 Å². The number of hydrogen-bond acceptors (Lipinski definition) is 2. The lowest BCUT2D eigenvalue weighted by Crippen LogP contribution is -2.41. The summed E-state index contributed by atoms with van der Waals surface area (Å²) in [5.74, 6) is 1.64. The third kappa shape index (κ3) is 3.58. The number of hydrogen-bond donors (Lipinski definition) is 1. The van der Waals surface area contributed by atoms with E-state index in [4.69, 9.17) is 0 Å². The SMILES string of the molecule is CCN(CC(C)C)CC1NCCC1C. The van der Waals surface area contributed by atoms with E-state index in [1.54, 1.807) is 0 Å². The molecule has 1 rings (SSSR count). The molecule has 0 bridgehead atoms. The number of rotatable bonds is 5. The molecule has 0 radical (unpaired) electrons. The molecule has 1 aliphatic rings. The van der Waals surface area contributed by atoms with Crippen LogP contribution in [0.25, 0.3) is 0 Å². The van der Waals surface area contributed by atoms with Crippen molar-refractivity contribution in [1.29, 1.82) is 0 Å². The topological polar surface area (TPSA) is 15.3 Å². The van der Waals surface area contributed by atoms with E-state index in [-0.39, 0.29) is 0 Å². The minimum atomic E-state index is 0.730. The zero-order valence-electron chi connectivity index (χ0n) is 10.2. The molecule has 0 spiro atoms. The van der Waals surface area contributed by atoms with Gasteiger partial charge in [-0.25, -0.2) is 0 Å². The highest BCUT2D eigenvalue weighted by molar-refractivity contribution is 4.83. The van der Waals surface area contributed by atoms with Gasteiger partial charge < -0.3 is 10.2 Å². The summed E-state index contributed by atoms with van der Waals surface area (Å²) in [4.78, 5) is 2.57. The molecule has 2 atom stereocenters. The molecule has 1 aliphatic heterocycles. The first-order valence-electron chi connectivity index (χ1n) is 6.09. The van der Waals surface area contributed by atoms with E-state index < -0.39 is 0 Å². The Balaban J connectivity index is 2.31. The van der Waals surface area contributed by atoms with Crippen LogP contribution in [0.5, 0.6) is 0 Å². The summed E-state index contributed by atoms with van der Waals surface area (Å²) >= 11 is 0. The van der Waals surface area contributed by atoms with E-state index in [1.807, 2.05) is 0 Å². The number of nitrogens with zero attached hydrogens (tertiary/aromatic N) is 1. The molecular weight excluding hydrogens is 172 g/mol. The molecule has 1 N–H and O–H groups in total. The van der Waals surface area contributed by atoms with Crippen LogP contribution < -0.4 is 5.32 Å². The number of likely N-dealkylation sites (N-methyl/N-ethyl adjacent to an activating group) is 1. The van der Waals surface area contributed by atoms with Crippen molar-refractivity contribution in [2.24, 2.45) is 11.8 Å². The van der Waals surface area contributed by atoms with Gasteiger partial charge in [-0.05, 0) is 31.3 Å². The minimum Gasteiger partial charge on any atom is -0.312 e. The Labute approximate surface area is 89.1 Å². The summed E-state index contributed by atoms with van der Waals surface area (Å²) in [6, 6.07) is 0.730. The molecule has 84 valence electrons. The summed E-state index contributed by atoms with van der Waals surface area (Å²) in [7, 11) is 0. The van der Waals surface area contributed by atoms with Gasteiger partial charge in [0, 0.05) is 19.1 Å². The lowest BCUT2D eigenvalue weighted by Gasteiger charge is -2.27. The Kier molecular flexibility index (Phi) is 4.90. The smallest absolute Gasteiger partial charge is 0.0221 e. The van der Waals surface area contributed by atoms with E-state index in [9.17, 15) is 0 Å². The second-order valence-electron chi connectivity index (χ2n) is 5.07. The van der Waals surface area contributed by atoms with Crippen LogP contribution in [0.1, 0.15) is 34.1 Å².